The van der Waals surface area contributed by atoms with Gasteiger partial charge in [0, 0.05) is 12.3 Å². The molecule has 0 saturated heterocycles. The molecule has 0 amide bonds. The summed E-state index contributed by atoms with van der Waals surface area (Å²) in [6.45, 7) is -0.184. The van der Waals surface area contributed by atoms with Crippen LogP contribution in [0.15, 0.2) is 12.3 Å². The van der Waals surface area contributed by atoms with Crippen LogP contribution in [-0.4, -0.2) is 30.9 Å². The first-order valence-corrected chi connectivity index (χ1v) is 4.18. The summed E-state index contributed by atoms with van der Waals surface area (Å²) in [4.78, 5) is 4.04. The molecular formula is C9H14N2O3. The van der Waals surface area contributed by atoms with Crippen molar-refractivity contribution in [2.24, 2.45) is 5.73 Å². The standard InChI is InChI=1S/C9H14N2O3/c1-13-7-3-4-11-8(6(10)5-12)9(7)14-2/h3-4,6,12H,5,10H2,1-2H3. The predicted molar refractivity (Wildman–Crippen MR) is 51.4 cm³/mol. The fourth-order valence-corrected chi connectivity index (χ4v) is 1.16. The van der Waals surface area contributed by atoms with Gasteiger partial charge in [0.15, 0.2) is 11.5 Å². The molecule has 0 aliphatic heterocycles. The Bertz CT molecular complexity index is 304. The molecule has 1 rings (SSSR count). The van der Waals surface area contributed by atoms with E-state index < -0.39 is 6.04 Å². The summed E-state index contributed by atoms with van der Waals surface area (Å²) in [6, 6.07) is 1.12. The molecule has 0 saturated carbocycles. The molecule has 1 aromatic rings. The van der Waals surface area contributed by atoms with Crippen molar-refractivity contribution in [3.8, 4) is 11.5 Å². The molecule has 3 N–H and O–H groups in total. The number of methoxy groups -OCH3 is 2. The highest BCUT2D eigenvalue weighted by atomic mass is 16.5. The van der Waals surface area contributed by atoms with Crippen LogP contribution < -0.4 is 15.2 Å². The van der Waals surface area contributed by atoms with Crippen molar-refractivity contribution in [1.29, 1.82) is 0 Å². The summed E-state index contributed by atoms with van der Waals surface area (Å²) >= 11 is 0. The number of hydrogen-bond donors (Lipinski definition) is 2. The Morgan fingerprint density at radius 2 is 2.21 bits per heavy atom. The van der Waals surface area contributed by atoms with Gasteiger partial charge in [-0.05, 0) is 0 Å². The maximum Gasteiger partial charge on any atom is 0.184 e. The molecule has 0 aromatic carbocycles. The summed E-state index contributed by atoms with van der Waals surface area (Å²) in [6.07, 6.45) is 1.56. The molecule has 5 heteroatoms. The van der Waals surface area contributed by atoms with Crippen LogP contribution in [0.1, 0.15) is 11.7 Å². The lowest BCUT2D eigenvalue weighted by molar-refractivity contribution is 0.260. The van der Waals surface area contributed by atoms with Crippen LogP contribution in [0.2, 0.25) is 0 Å². The average Bonchev–Trinajstić information content (AvgIpc) is 2.26. The highest BCUT2D eigenvalue weighted by molar-refractivity contribution is 5.43. The summed E-state index contributed by atoms with van der Waals surface area (Å²) in [5.41, 5.74) is 6.14. The van der Waals surface area contributed by atoms with E-state index in [1.165, 1.54) is 14.2 Å². The summed E-state index contributed by atoms with van der Waals surface area (Å²) in [5.74, 6) is 1.03. The minimum atomic E-state index is -0.556. The zero-order valence-electron chi connectivity index (χ0n) is 8.23. The van der Waals surface area contributed by atoms with Gasteiger partial charge in [-0.25, -0.2) is 0 Å². The third kappa shape index (κ3) is 1.94. The number of hydrogen-bond acceptors (Lipinski definition) is 5. The van der Waals surface area contributed by atoms with Gasteiger partial charge >= 0.3 is 0 Å². The molecule has 1 atom stereocenters. The number of aliphatic hydroxyl groups is 1. The second-order valence-corrected chi connectivity index (χ2v) is 2.72. The van der Waals surface area contributed by atoms with Crippen molar-refractivity contribution < 1.29 is 14.6 Å². The molecule has 1 unspecified atom stereocenters. The fourth-order valence-electron chi connectivity index (χ4n) is 1.16. The Balaban J connectivity index is 3.14. The third-order valence-corrected chi connectivity index (χ3v) is 1.87. The van der Waals surface area contributed by atoms with Crippen LogP contribution in [0.3, 0.4) is 0 Å². The van der Waals surface area contributed by atoms with Crippen LogP contribution in [0.5, 0.6) is 11.5 Å². The van der Waals surface area contributed by atoms with E-state index >= 15 is 0 Å². The first-order chi connectivity index (χ1) is 6.74. The van der Waals surface area contributed by atoms with Gasteiger partial charge in [0.1, 0.15) is 5.69 Å². The van der Waals surface area contributed by atoms with Crippen molar-refractivity contribution in [3.05, 3.63) is 18.0 Å². The Labute approximate surface area is 82.5 Å². The van der Waals surface area contributed by atoms with Crippen molar-refractivity contribution in [2.45, 2.75) is 6.04 Å². The second-order valence-electron chi connectivity index (χ2n) is 2.72. The number of aromatic nitrogens is 1. The third-order valence-electron chi connectivity index (χ3n) is 1.87. The van der Waals surface area contributed by atoms with Gasteiger partial charge in [0.2, 0.25) is 0 Å². The van der Waals surface area contributed by atoms with Crippen molar-refractivity contribution in [3.63, 3.8) is 0 Å². The number of pyridine rings is 1. The highest BCUT2D eigenvalue weighted by Crippen LogP contribution is 2.31. The van der Waals surface area contributed by atoms with Gasteiger partial charge in [-0.15, -0.1) is 0 Å². The van der Waals surface area contributed by atoms with Crippen molar-refractivity contribution in [1.82, 2.24) is 4.98 Å². The van der Waals surface area contributed by atoms with Gasteiger partial charge in [0.05, 0.1) is 26.9 Å². The SMILES string of the molecule is COc1ccnc(C(N)CO)c1OC. The molecule has 1 heterocycles. The number of nitrogens with two attached hydrogens (primary N) is 1. The molecule has 0 aliphatic carbocycles. The molecule has 5 nitrogen and oxygen atoms in total. The highest BCUT2D eigenvalue weighted by Gasteiger charge is 2.16. The minimum Gasteiger partial charge on any atom is -0.493 e. The molecule has 0 bridgehead atoms. The quantitative estimate of drug-likeness (QED) is 0.717. The maximum absolute atomic E-state index is 8.91. The summed E-state index contributed by atoms with van der Waals surface area (Å²) in [5, 5.41) is 8.91. The lowest BCUT2D eigenvalue weighted by Crippen LogP contribution is -2.17. The Kier molecular flexibility index (Phi) is 3.67. The number of nitrogens with zero attached hydrogens (tertiary/aromatic N) is 1. The molecule has 0 spiro atoms. The molecule has 14 heavy (non-hydrogen) atoms. The van der Waals surface area contributed by atoms with Gasteiger partial charge < -0.3 is 20.3 Å². The number of ether oxygens (including phenoxy) is 2. The van der Waals surface area contributed by atoms with Crippen LogP contribution in [-0.2, 0) is 0 Å². The Hall–Kier alpha value is -1.33. The number of aliphatic hydroxyl groups excluding tert-OH is 1. The molecule has 0 aliphatic rings. The Morgan fingerprint density at radius 3 is 2.71 bits per heavy atom. The maximum atomic E-state index is 8.91. The van der Waals surface area contributed by atoms with E-state index in [9.17, 15) is 0 Å². The topological polar surface area (TPSA) is 77.6 Å². The smallest absolute Gasteiger partial charge is 0.184 e. The lowest BCUT2D eigenvalue weighted by atomic mass is 10.2. The molecule has 1 aromatic heterocycles. The zero-order chi connectivity index (χ0) is 10.6. The monoisotopic (exact) mass is 198 g/mol. The van der Waals surface area contributed by atoms with Crippen molar-refractivity contribution in [2.75, 3.05) is 20.8 Å². The summed E-state index contributed by atoms with van der Waals surface area (Å²) < 4.78 is 10.2. The van der Waals surface area contributed by atoms with E-state index in [-0.39, 0.29) is 6.61 Å². The van der Waals surface area contributed by atoms with Crippen molar-refractivity contribution >= 4 is 0 Å². The molecule has 0 fully saturated rings. The van der Waals surface area contributed by atoms with Gasteiger partial charge in [-0.3, -0.25) is 4.98 Å². The molecule has 0 radical (unpaired) electrons. The van der Waals surface area contributed by atoms with E-state index in [1.54, 1.807) is 12.3 Å². The van der Waals surface area contributed by atoms with E-state index in [0.29, 0.717) is 17.2 Å². The average molecular weight is 198 g/mol. The largest absolute Gasteiger partial charge is 0.493 e. The lowest BCUT2D eigenvalue weighted by Gasteiger charge is -2.14. The summed E-state index contributed by atoms with van der Waals surface area (Å²) in [7, 11) is 3.04. The fraction of sp³-hybridized carbons (Fsp3) is 0.444. The zero-order valence-corrected chi connectivity index (χ0v) is 8.23. The normalized spacial score (nSPS) is 12.3. The van der Waals surface area contributed by atoms with E-state index in [2.05, 4.69) is 4.98 Å². The number of rotatable bonds is 4. The van der Waals surface area contributed by atoms with Crippen LogP contribution in [0.4, 0.5) is 0 Å². The van der Waals surface area contributed by atoms with Gasteiger partial charge in [-0.2, -0.15) is 0 Å². The van der Waals surface area contributed by atoms with Crippen LogP contribution >= 0.6 is 0 Å². The Morgan fingerprint density at radius 1 is 1.50 bits per heavy atom. The van der Waals surface area contributed by atoms with Gasteiger partial charge in [0.25, 0.3) is 0 Å². The predicted octanol–water partition coefficient (Wildman–Crippen LogP) is 0.0909. The first-order valence-electron chi connectivity index (χ1n) is 4.18. The second kappa shape index (κ2) is 4.78. The van der Waals surface area contributed by atoms with E-state index in [1.807, 2.05) is 0 Å². The van der Waals surface area contributed by atoms with E-state index in [4.69, 9.17) is 20.3 Å². The molecule has 78 valence electrons. The van der Waals surface area contributed by atoms with Crippen LogP contribution in [0.25, 0.3) is 0 Å². The minimum absolute atomic E-state index is 0.184. The van der Waals surface area contributed by atoms with Gasteiger partial charge in [-0.1, -0.05) is 0 Å². The van der Waals surface area contributed by atoms with E-state index in [0.717, 1.165) is 0 Å². The molecular weight excluding hydrogens is 184 g/mol. The van der Waals surface area contributed by atoms with Crippen LogP contribution in [0, 0.1) is 0 Å². The first kappa shape index (κ1) is 10.7.